The minimum Gasteiger partial charge on any atom is -0.388 e. The van der Waals surface area contributed by atoms with Gasteiger partial charge < -0.3 is 10.1 Å². The second kappa shape index (κ2) is 7.06. The van der Waals surface area contributed by atoms with Crippen LogP contribution in [0.25, 0.3) is 0 Å². The summed E-state index contributed by atoms with van der Waals surface area (Å²) in [6.07, 6.45) is 2.43. The second-order valence-electron chi connectivity index (χ2n) is 6.59. The van der Waals surface area contributed by atoms with Gasteiger partial charge >= 0.3 is 0 Å². The van der Waals surface area contributed by atoms with Crippen molar-refractivity contribution < 1.29 is 0 Å². The summed E-state index contributed by atoms with van der Waals surface area (Å²) in [6, 6.07) is 30.3. The van der Waals surface area contributed by atoms with Gasteiger partial charge in [0, 0.05) is 11.4 Å². The number of fused-ring (bicyclic) bond motifs is 1. The molecule has 4 rings (SSSR count). The highest BCUT2D eigenvalue weighted by molar-refractivity contribution is 6.78. The van der Waals surface area contributed by atoms with E-state index in [-0.39, 0.29) is 6.17 Å². The second-order valence-corrected chi connectivity index (χ2v) is 6.59. The van der Waals surface area contributed by atoms with Gasteiger partial charge in [-0.15, -0.1) is 0 Å². The van der Waals surface area contributed by atoms with Crippen molar-refractivity contribution in [2.45, 2.75) is 25.8 Å². The van der Waals surface area contributed by atoms with E-state index in [1.54, 1.807) is 0 Å². The number of rotatable bonds is 4. The Balaban J connectivity index is 1.87. The van der Waals surface area contributed by atoms with Crippen LogP contribution in [0, 0.1) is 0 Å². The van der Waals surface area contributed by atoms with Gasteiger partial charge in [0.2, 0.25) is 0 Å². The van der Waals surface area contributed by atoms with Crippen molar-refractivity contribution in [3.05, 3.63) is 90.5 Å². The number of nitrogens with one attached hydrogen (secondary N) is 1. The third-order valence-corrected chi connectivity index (χ3v) is 4.96. The van der Waals surface area contributed by atoms with Crippen LogP contribution in [0.2, 0.25) is 6.32 Å². The SMILES string of the molecule is CCCB1c2ccccc2NC(c2ccccc2)N1c1ccccc1. The third-order valence-electron chi connectivity index (χ3n) is 4.96. The topological polar surface area (TPSA) is 15.3 Å². The molecule has 0 radical (unpaired) electrons. The van der Waals surface area contributed by atoms with E-state index in [0.717, 1.165) is 12.7 Å². The molecule has 2 nitrogen and oxygen atoms in total. The standard InChI is InChI=1S/C22H23BN2/c1-2-17-23-20-15-9-10-16-21(20)24-22(18-11-5-3-6-12-18)25(23)19-13-7-4-8-14-19/h3-16,22,24H,2,17H2,1H3. The molecule has 3 aromatic rings. The molecular weight excluding hydrogens is 303 g/mol. The van der Waals surface area contributed by atoms with Crippen LogP contribution in [0.1, 0.15) is 25.1 Å². The van der Waals surface area contributed by atoms with Crippen LogP contribution in [0.15, 0.2) is 84.9 Å². The predicted molar refractivity (Wildman–Crippen MR) is 109 cm³/mol. The molecular formula is C22H23BN2. The lowest BCUT2D eigenvalue weighted by atomic mass is 9.49. The molecule has 1 heterocycles. The van der Waals surface area contributed by atoms with Crippen molar-refractivity contribution in [1.82, 2.24) is 0 Å². The lowest BCUT2D eigenvalue weighted by Gasteiger charge is -2.44. The van der Waals surface area contributed by atoms with Crippen molar-refractivity contribution in [2.75, 3.05) is 10.1 Å². The molecule has 3 aromatic carbocycles. The Labute approximate surface area is 150 Å². The highest BCUT2D eigenvalue weighted by Gasteiger charge is 2.37. The summed E-state index contributed by atoms with van der Waals surface area (Å²) in [6.45, 7) is 2.64. The monoisotopic (exact) mass is 326 g/mol. The molecule has 1 atom stereocenters. The normalized spacial score (nSPS) is 16.3. The number of para-hydroxylation sites is 2. The summed E-state index contributed by atoms with van der Waals surface area (Å²) in [7, 11) is 0. The smallest absolute Gasteiger partial charge is 0.292 e. The van der Waals surface area contributed by atoms with Gasteiger partial charge in [0.15, 0.2) is 0 Å². The molecule has 0 bridgehead atoms. The first kappa shape index (κ1) is 15.8. The van der Waals surface area contributed by atoms with E-state index >= 15 is 0 Å². The third kappa shape index (κ3) is 3.02. The maximum Gasteiger partial charge on any atom is 0.292 e. The first-order chi connectivity index (χ1) is 12.4. The molecule has 0 amide bonds. The minimum atomic E-state index is 0.134. The van der Waals surface area contributed by atoms with Crippen molar-refractivity contribution >= 4 is 23.7 Å². The Hall–Kier alpha value is -2.68. The van der Waals surface area contributed by atoms with Crippen LogP contribution < -0.4 is 15.6 Å². The van der Waals surface area contributed by atoms with Gasteiger partial charge in [-0.3, -0.25) is 0 Å². The van der Waals surface area contributed by atoms with Gasteiger partial charge in [-0.05, 0) is 35.5 Å². The van der Waals surface area contributed by atoms with Crippen molar-refractivity contribution in [3.63, 3.8) is 0 Å². The van der Waals surface area contributed by atoms with Crippen LogP contribution in [0.3, 0.4) is 0 Å². The molecule has 0 fully saturated rings. The summed E-state index contributed by atoms with van der Waals surface area (Å²) < 4.78 is 0. The molecule has 0 aliphatic carbocycles. The zero-order valence-corrected chi connectivity index (χ0v) is 14.6. The molecule has 1 unspecified atom stereocenters. The Bertz CT molecular complexity index is 820. The maximum atomic E-state index is 3.78. The number of hydrogen-bond donors (Lipinski definition) is 1. The van der Waals surface area contributed by atoms with Gasteiger partial charge in [-0.25, -0.2) is 0 Å². The molecule has 1 N–H and O–H groups in total. The highest BCUT2D eigenvalue weighted by Crippen LogP contribution is 2.34. The van der Waals surface area contributed by atoms with Crippen LogP contribution in [-0.4, -0.2) is 6.85 Å². The van der Waals surface area contributed by atoms with E-state index in [0.29, 0.717) is 6.85 Å². The van der Waals surface area contributed by atoms with Crippen molar-refractivity contribution in [1.29, 1.82) is 0 Å². The summed E-state index contributed by atoms with van der Waals surface area (Å²) in [5.74, 6) is 0. The summed E-state index contributed by atoms with van der Waals surface area (Å²) in [4.78, 5) is 2.54. The first-order valence-electron chi connectivity index (χ1n) is 9.12. The predicted octanol–water partition coefficient (Wildman–Crippen LogP) is 4.93. The Morgan fingerprint density at radius 3 is 2.20 bits per heavy atom. The van der Waals surface area contributed by atoms with Crippen LogP contribution in [0.4, 0.5) is 11.4 Å². The zero-order valence-electron chi connectivity index (χ0n) is 14.6. The number of anilines is 2. The summed E-state index contributed by atoms with van der Waals surface area (Å²) >= 11 is 0. The molecule has 3 heteroatoms. The van der Waals surface area contributed by atoms with E-state index in [2.05, 4.69) is 102 Å². The molecule has 1 aliphatic rings. The molecule has 0 saturated heterocycles. The molecule has 124 valence electrons. The fourth-order valence-electron chi connectivity index (χ4n) is 3.84. The zero-order chi connectivity index (χ0) is 17.1. The lowest BCUT2D eigenvalue weighted by molar-refractivity contribution is 0.804. The molecule has 1 aliphatic heterocycles. The molecule has 0 saturated carbocycles. The summed E-state index contributed by atoms with van der Waals surface area (Å²) in [5, 5.41) is 3.78. The first-order valence-corrected chi connectivity index (χ1v) is 9.12. The van der Waals surface area contributed by atoms with E-state index in [1.165, 1.54) is 22.4 Å². The number of benzene rings is 3. The van der Waals surface area contributed by atoms with Gasteiger partial charge in [-0.1, -0.05) is 80.1 Å². The van der Waals surface area contributed by atoms with Crippen LogP contribution >= 0.6 is 0 Å². The minimum absolute atomic E-state index is 0.134. The number of hydrogen-bond acceptors (Lipinski definition) is 2. The number of nitrogens with zero attached hydrogens (tertiary/aromatic N) is 1. The van der Waals surface area contributed by atoms with Gasteiger partial charge in [-0.2, -0.15) is 0 Å². The molecule has 25 heavy (non-hydrogen) atoms. The van der Waals surface area contributed by atoms with E-state index in [1.807, 2.05) is 0 Å². The van der Waals surface area contributed by atoms with E-state index < -0.39 is 0 Å². The Kier molecular flexibility index (Phi) is 4.47. The highest BCUT2D eigenvalue weighted by atomic mass is 15.3. The van der Waals surface area contributed by atoms with Crippen LogP contribution in [0.5, 0.6) is 0 Å². The molecule has 0 spiro atoms. The van der Waals surface area contributed by atoms with E-state index in [4.69, 9.17) is 0 Å². The maximum absolute atomic E-state index is 3.78. The van der Waals surface area contributed by atoms with Gasteiger partial charge in [0.05, 0.1) is 0 Å². The van der Waals surface area contributed by atoms with Gasteiger partial charge in [0.25, 0.3) is 6.85 Å². The van der Waals surface area contributed by atoms with E-state index in [9.17, 15) is 0 Å². The fourth-order valence-corrected chi connectivity index (χ4v) is 3.84. The van der Waals surface area contributed by atoms with Crippen molar-refractivity contribution in [2.24, 2.45) is 0 Å². The lowest BCUT2D eigenvalue weighted by Crippen LogP contribution is -2.56. The Morgan fingerprint density at radius 1 is 0.840 bits per heavy atom. The van der Waals surface area contributed by atoms with Crippen molar-refractivity contribution in [3.8, 4) is 0 Å². The van der Waals surface area contributed by atoms with Gasteiger partial charge in [0.1, 0.15) is 6.17 Å². The fraction of sp³-hybridized carbons (Fsp3) is 0.182. The van der Waals surface area contributed by atoms with Crippen LogP contribution in [-0.2, 0) is 0 Å². The average Bonchev–Trinajstić information content (AvgIpc) is 2.69. The average molecular weight is 326 g/mol. The largest absolute Gasteiger partial charge is 0.388 e. The quantitative estimate of drug-likeness (QED) is 0.684. The Morgan fingerprint density at radius 2 is 1.48 bits per heavy atom. The summed E-state index contributed by atoms with van der Waals surface area (Å²) in [5.41, 5.74) is 5.20. The molecule has 0 aromatic heterocycles.